The van der Waals surface area contributed by atoms with Crippen LogP contribution in [0.4, 0.5) is 5.69 Å². The summed E-state index contributed by atoms with van der Waals surface area (Å²) in [5, 5.41) is 3.91. The van der Waals surface area contributed by atoms with Crippen molar-refractivity contribution in [2.45, 2.75) is 76.0 Å². The summed E-state index contributed by atoms with van der Waals surface area (Å²) in [7, 11) is 3.32. The molecule has 2 aliphatic heterocycles. The molecule has 1 N–H and O–H groups in total. The minimum Gasteiger partial charge on any atom is -0.466 e. The van der Waals surface area contributed by atoms with Crippen molar-refractivity contribution in [2.75, 3.05) is 52.3 Å². The van der Waals surface area contributed by atoms with E-state index in [9.17, 15) is 14.4 Å². The molecule has 6 rings (SSSR count). The fourth-order valence-corrected chi connectivity index (χ4v) is 7.80. The molecule has 3 aliphatic rings. The Hall–Kier alpha value is -3.32. The maximum absolute atomic E-state index is 14.9. The average molecular weight is 696 g/mol. The van der Waals surface area contributed by atoms with Crippen LogP contribution in [0.25, 0.3) is 11.0 Å². The lowest BCUT2D eigenvalue weighted by atomic mass is 9.87. The number of rotatable bonds is 13. The molecule has 49 heavy (non-hydrogen) atoms. The maximum atomic E-state index is 14.9. The van der Waals surface area contributed by atoms with Crippen LogP contribution < -0.4 is 5.32 Å². The Labute approximate surface area is 292 Å². The lowest BCUT2D eigenvalue weighted by Crippen LogP contribution is -2.67. The lowest BCUT2D eigenvalue weighted by Gasteiger charge is -2.48. The molecule has 1 amide bonds. The number of ether oxygens (including phenoxy) is 4. The first-order valence-corrected chi connectivity index (χ1v) is 17.6. The summed E-state index contributed by atoms with van der Waals surface area (Å²) in [5.74, 6) is -2.13. The number of ketones is 1. The number of Topliss-reactive ketones (excluding diaryl/α,β-unsaturated/α-hetero) is 1. The van der Waals surface area contributed by atoms with Gasteiger partial charge in [0.15, 0.2) is 5.78 Å². The first-order chi connectivity index (χ1) is 23.8. The molecule has 12 heteroatoms. The summed E-state index contributed by atoms with van der Waals surface area (Å²) in [6, 6.07) is 12.6. The number of anilines is 1. The van der Waals surface area contributed by atoms with Gasteiger partial charge in [-0.1, -0.05) is 35.9 Å². The monoisotopic (exact) mass is 695 g/mol. The van der Waals surface area contributed by atoms with Crippen molar-refractivity contribution >= 4 is 45.9 Å². The number of carbonyl (C=O) groups excluding carboxylic acids is 3. The number of nitrogens with one attached hydrogen (secondary N) is 1. The molecule has 3 aromatic rings. The van der Waals surface area contributed by atoms with Crippen LogP contribution in [0.2, 0.25) is 5.02 Å². The molecule has 2 aromatic carbocycles. The van der Waals surface area contributed by atoms with Crippen molar-refractivity contribution in [1.82, 2.24) is 9.80 Å². The Kier molecular flexibility index (Phi) is 11.4. The van der Waals surface area contributed by atoms with Gasteiger partial charge >= 0.3 is 5.97 Å². The number of furan rings is 1. The van der Waals surface area contributed by atoms with E-state index in [-0.39, 0.29) is 48.3 Å². The minimum absolute atomic E-state index is 0.0563. The molecule has 1 saturated carbocycles. The molecule has 11 nitrogen and oxygen atoms in total. The second kappa shape index (κ2) is 15.7. The summed E-state index contributed by atoms with van der Waals surface area (Å²) < 4.78 is 29.5. The zero-order chi connectivity index (χ0) is 34.5. The molecule has 1 aromatic heterocycles. The molecule has 0 spiro atoms. The molecule has 1 aliphatic carbocycles. The fraction of sp³-hybridized carbons (Fsp3) is 0.541. The summed E-state index contributed by atoms with van der Waals surface area (Å²) in [5.41, 5.74) is 2.16. The van der Waals surface area contributed by atoms with E-state index in [0.717, 1.165) is 12.8 Å². The van der Waals surface area contributed by atoms with Crippen molar-refractivity contribution in [1.29, 1.82) is 0 Å². The quantitative estimate of drug-likeness (QED) is 0.224. The normalized spacial score (nSPS) is 24.6. The number of nitrogens with zero attached hydrogens (tertiary/aromatic N) is 2. The van der Waals surface area contributed by atoms with E-state index in [2.05, 4.69) is 15.1 Å². The highest BCUT2D eigenvalue weighted by Crippen LogP contribution is 2.39. The Balaban J connectivity index is 1.25. The Morgan fingerprint density at radius 3 is 2.31 bits per heavy atom. The lowest BCUT2D eigenvalue weighted by molar-refractivity contribution is -0.254. The predicted molar refractivity (Wildman–Crippen MR) is 184 cm³/mol. The van der Waals surface area contributed by atoms with Crippen LogP contribution in [0.3, 0.4) is 0 Å². The van der Waals surface area contributed by atoms with E-state index in [1.165, 1.54) is 6.26 Å². The van der Waals surface area contributed by atoms with Crippen LogP contribution in [0, 0.1) is 5.92 Å². The number of halogens is 1. The first kappa shape index (κ1) is 35.5. The minimum atomic E-state index is -1.36. The highest BCUT2D eigenvalue weighted by molar-refractivity contribution is 6.34. The van der Waals surface area contributed by atoms with Crippen molar-refractivity contribution < 1.29 is 37.7 Å². The summed E-state index contributed by atoms with van der Waals surface area (Å²) in [4.78, 5) is 44.8. The van der Waals surface area contributed by atoms with Gasteiger partial charge in [-0.05, 0) is 69.2 Å². The fourth-order valence-electron chi connectivity index (χ4n) is 7.55. The predicted octanol–water partition coefficient (Wildman–Crippen LogP) is 5.68. The molecule has 3 heterocycles. The number of likely N-dealkylation sites (tertiary alicyclic amines) is 2. The number of benzene rings is 2. The van der Waals surface area contributed by atoms with Gasteiger partial charge in [-0.25, -0.2) is 0 Å². The molecule has 0 bridgehead atoms. The number of hydrogen-bond donors (Lipinski definition) is 1. The third kappa shape index (κ3) is 7.43. The maximum Gasteiger partial charge on any atom is 0.308 e. The molecule has 2 saturated heterocycles. The highest BCUT2D eigenvalue weighted by Gasteiger charge is 2.56. The first-order valence-electron chi connectivity index (χ1n) is 17.3. The average Bonchev–Trinajstić information content (AvgIpc) is 3.89. The number of methoxy groups -OCH3 is 2. The smallest absolute Gasteiger partial charge is 0.308 e. The number of carbonyl (C=O) groups is 3. The van der Waals surface area contributed by atoms with Crippen LogP contribution in [-0.2, 0) is 35.0 Å². The zero-order valence-corrected chi connectivity index (χ0v) is 29.2. The van der Waals surface area contributed by atoms with Gasteiger partial charge in [0.2, 0.25) is 5.85 Å². The van der Waals surface area contributed by atoms with Gasteiger partial charge in [0.25, 0.3) is 5.91 Å². The van der Waals surface area contributed by atoms with E-state index in [1.54, 1.807) is 32.4 Å². The van der Waals surface area contributed by atoms with Gasteiger partial charge in [0, 0.05) is 52.2 Å². The topological polar surface area (TPSA) is 120 Å². The number of para-hydroxylation sites is 1. The highest BCUT2D eigenvalue weighted by atomic mass is 35.5. The van der Waals surface area contributed by atoms with Crippen LogP contribution in [0.1, 0.15) is 61.4 Å². The van der Waals surface area contributed by atoms with Gasteiger partial charge in [-0.2, -0.15) is 0 Å². The van der Waals surface area contributed by atoms with Gasteiger partial charge in [0.05, 0.1) is 47.1 Å². The molecule has 3 fully saturated rings. The van der Waals surface area contributed by atoms with E-state index in [4.69, 9.17) is 35.0 Å². The zero-order valence-electron chi connectivity index (χ0n) is 28.5. The Bertz CT molecular complexity index is 1620. The number of fused-ring (bicyclic) bond motifs is 1. The standard InChI is InChI=1S/C37H46ClN3O8/c1-4-47-36(44)25-12-14-26(15-13-25)49-37(40-17-7-8-18-40,41-21-32(45-2)33(22-41)46-3)34(42)20-24-11-16-30(29(38)19-24)39-35(43)28-23-48-31-10-6-5-9-27(28)31/h5-6,9-11,16,19,23,25-26,32-33H,4,7-8,12-15,17-18,20-22H2,1-3H3,(H,39,43)/t25?,26?,32-,33-,37?/m0/s1. The second-order valence-corrected chi connectivity index (χ2v) is 13.5. The van der Waals surface area contributed by atoms with E-state index >= 15 is 0 Å². The van der Waals surface area contributed by atoms with Crippen molar-refractivity contribution in [3.05, 3.63) is 64.9 Å². The third-order valence-electron chi connectivity index (χ3n) is 10.1. The van der Waals surface area contributed by atoms with E-state index < -0.39 is 5.85 Å². The largest absolute Gasteiger partial charge is 0.466 e. The van der Waals surface area contributed by atoms with Crippen molar-refractivity contribution in [3.63, 3.8) is 0 Å². The van der Waals surface area contributed by atoms with Crippen molar-refractivity contribution in [2.24, 2.45) is 5.92 Å². The third-order valence-corrected chi connectivity index (χ3v) is 10.5. The van der Waals surface area contributed by atoms with Crippen molar-refractivity contribution in [3.8, 4) is 0 Å². The Morgan fingerprint density at radius 2 is 1.65 bits per heavy atom. The summed E-state index contributed by atoms with van der Waals surface area (Å²) in [6.07, 6.45) is 5.30. The molecule has 0 radical (unpaired) electrons. The number of hydrogen-bond acceptors (Lipinski definition) is 10. The number of esters is 1. The molecule has 264 valence electrons. The van der Waals surface area contributed by atoms with Gasteiger partial charge in [-0.3, -0.25) is 24.2 Å². The summed E-state index contributed by atoms with van der Waals surface area (Å²) >= 11 is 6.73. The van der Waals surface area contributed by atoms with Crippen LogP contribution in [-0.4, -0.2) is 98.6 Å². The number of amides is 1. The van der Waals surface area contributed by atoms with E-state index in [1.807, 2.05) is 31.2 Å². The Morgan fingerprint density at radius 1 is 0.959 bits per heavy atom. The summed E-state index contributed by atoms with van der Waals surface area (Å²) in [6.45, 7) is 4.53. The SMILES string of the molecule is CCOC(=O)C1CCC(OC(C(=O)Cc2ccc(NC(=O)c3coc4ccccc34)c(Cl)c2)(N2CCCC2)N2C[C@H](OC)[C@@H](OC)C2)CC1. The molecule has 3 atom stereocenters. The van der Waals surface area contributed by atoms with Crippen LogP contribution in [0.5, 0.6) is 0 Å². The van der Waals surface area contributed by atoms with E-state index in [0.29, 0.717) is 91.3 Å². The van der Waals surface area contributed by atoms with Gasteiger partial charge in [-0.15, -0.1) is 0 Å². The molecular formula is C37H46ClN3O8. The van der Waals surface area contributed by atoms with Crippen LogP contribution >= 0.6 is 11.6 Å². The van der Waals surface area contributed by atoms with Crippen LogP contribution in [0.15, 0.2) is 53.1 Å². The second-order valence-electron chi connectivity index (χ2n) is 13.1. The molecule has 1 unspecified atom stereocenters. The molecular weight excluding hydrogens is 650 g/mol. The van der Waals surface area contributed by atoms with Gasteiger partial charge in [0.1, 0.15) is 11.8 Å². The van der Waals surface area contributed by atoms with Gasteiger partial charge < -0.3 is 28.7 Å².